The topological polar surface area (TPSA) is 69.8 Å². The number of carbonyl (C=O) groups is 1. The molecule has 0 aromatic rings. The maximum Gasteiger partial charge on any atom is 0.226 e. The van der Waals surface area contributed by atoms with E-state index in [0.717, 1.165) is 45.4 Å². The van der Waals surface area contributed by atoms with Crippen molar-refractivity contribution < 1.29 is 9.90 Å². The molecule has 122 valence electrons. The van der Waals surface area contributed by atoms with Gasteiger partial charge in [-0.05, 0) is 32.6 Å². The van der Waals surface area contributed by atoms with Crippen LogP contribution in [0.15, 0.2) is 0 Å². The van der Waals surface area contributed by atoms with Crippen LogP contribution in [0.4, 0.5) is 0 Å². The highest BCUT2D eigenvalue weighted by Gasteiger charge is 2.36. The molecule has 0 aromatic carbocycles. The van der Waals surface area contributed by atoms with E-state index in [1.807, 2.05) is 18.7 Å². The van der Waals surface area contributed by atoms with Crippen molar-refractivity contribution in [2.24, 2.45) is 17.6 Å². The van der Waals surface area contributed by atoms with E-state index in [0.29, 0.717) is 18.4 Å². The first-order valence-electron chi connectivity index (χ1n) is 8.27. The Morgan fingerprint density at radius 3 is 2.43 bits per heavy atom. The van der Waals surface area contributed by atoms with Gasteiger partial charge in [-0.15, -0.1) is 0 Å². The molecule has 21 heavy (non-hydrogen) atoms. The second-order valence-electron chi connectivity index (χ2n) is 7.47. The number of nitrogens with zero attached hydrogens (tertiary/aromatic N) is 2. The molecule has 0 spiro atoms. The van der Waals surface area contributed by atoms with E-state index < -0.39 is 5.60 Å². The summed E-state index contributed by atoms with van der Waals surface area (Å²) in [6.45, 7) is 9.69. The van der Waals surface area contributed by atoms with Crippen LogP contribution in [-0.2, 0) is 4.79 Å². The maximum atomic E-state index is 12.7. The van der Waals surface area contributed by atoms with Crippen molar-refractivity contribution in [2.75, 3.05) is 32.7 Å². The van der Waals surface area contributed by atoms with Crippen LogP contribution in [0, 0.1) is 11.8 Å². The summed E-state index contributed by atoms with van der Waals surface area (Å²) in [7, 11) is 0. The van der Waals surface area contributed by atoms with Crippen molar-refractivity contribution in [1.29, 1.82) is 0 Å². The number of hydrogen-bond acceptors (Lipinski definition) is 4. The Morgan fingerprint density at radius 2 is 1.86 bits per heavy atom. The standard InChI is InChI=1S/C16H31N3O2/c1-12-13(5-4-6-14(12)17)15(20)19-9-7-18(8-10-19)11-16(2,3)21/h12-14,21H,4-11,17H2,1-3H3. The lowest BCUT2D eigenvalue weighted by Gasteiger charge is -2.41. The summed E-state index contributed by atoms with van der Waals surface area (Å²) < 4.78 is 0. The minimum absolute atomic E-state index is 0.106. The summed E-state index contributed by atoms with van der Waals surface area (Å²) in [5, 5.41) is 9.88. The zero-order chi connectivity index (χ0) is 15.6. The summed E-state index contributed by atoms with van der Waals surface area (Å²) in [5.41, 5.74) is 5.45. The molecule has 3 atom stereocenters. The van der Waals surface area contributed by atoms with Gasteiger partial charge in [0.15, 0.2) is 0 Å². The minimum atomic E-state index is -0.670. The molecule has 3 unspecified atom stereocenters. The second kappa shape index (κ2) is 6.63. The van der Waals surface area contributed by atoms with Crippen molar-refractivity contribution >= 4 is 5.91 Å². The van der Waals surface area contributed by atoms with Gasteiger partial charge in [0.2, 0.25) is 5.91 Å². The summed E-state index contributed by atoms with van der Waals surface area (Å²) in [6, 6.07) is 0.171. The third kappa shape index (κ3) is 4.41. The molecule has 3 N–H and O–H groups in total. The Kier molecular flexibility index (Phi) is 5.28. The highest BCUT2D eigenvalue weighted by Crippen LogP contribution is 2.30. The minimum Gasteiger partial charge on any atom is -0.389 e. The molecule has 2 rings (SSSR count). The average molecular weight is 297 g/mol. The lowest BCUT2D eigenvalue weighted by molar-refractivity contribution is -0.140. The van der Waals surface area contributed by atoms with E-state index in [-0.39, 0.29) is 12.0 Å². The van der Waals surface area contributed by atoms with Crippen LogP contribution in [0.1, 0.15) is 40.0 Å². The predicted molar refractivity (Wildman–Crippen MR) is 83.8 cm³/mol. The lowest BCUT2D eigenvalue weighted by atomic mass is 9.76. The normalized spacial score (nSPS) is 32.2. The molecule has 1 aliphatic carbocycles. The van der Waals surface area contributed by atoms with E-state index in [2.05, 4.69) is 11.8 Å². The van der Waals surface area contributed by atoms with Crippen molar-refractivity contribution in [3.8, 4) is 0 Å². The molecule has 0 aromatic heterocycles. The van der Waals surface area contributed by atoms with Gasteiger partial charge >= 0.3 is 0 Å². The van der Waals surface area contributed by atoms with Crippen LogP contribution >= 0.6 is 0 Å². The quantitative estimate of drug-likeness (QED) is 0.803. The first-order valence-corrected chi connectivity index (χ1v) is 8.27. The Morgan fingerprint density at radius 1 is 1.24 bits per heavy atom. The lowest BCUT2D eigenvalue weighted by Crippen LogP contribution is -2.54. The van der Waals surface area contributed by atoms with Gasteiger partial charge in [0.25, 0.3) is 0 Å². The van der Waals surface area contributed by atoms with Crippen LogP contribution in [0.2, 0.25) is 0 Å². The molecule has 1 saturated heterocycles. The fraction of sp³-hybridized carbons (Fsp3) is 0.938. The SMILES string of the molecule is CC1C(N)CCCC1C(=O)N1CCN(CC(C)(C)O)CC1. The van der Waals surface area contributed by atoms with Gasteiger partial charge in [0.05, 0.1) is 5.60 Å². The molecule has 0 bridgehead atoms. The first-order chi connectivity index (χ1) is 9.78. The highest BCUT2D eigenvalue weighted by molar-refractivity contribution is 5.79. The summed E-state index contributed by atoms with van der Waals surface area (Å²) in [4.78, 5) is 16.9. The molecular weight excluding hydrogens is 266 g/mol. The molecule has 2 fully saturated rings. The molecule has 2 aliphatic rings. The third-order valence-corrected chi connectivity index (χ3v) is 4.97. The van der Waals surface area contributed by atoms with Crippen LogP contribution in [0.3, 0.4) is 0 Å². The van der Waals surface area contributed by atoms with Gasteiger partial charge in [-0.25, -0.2) is 0 Å². The Balaban J connectivity index is 1.85. The van der Waals surface area contributed by atoms with Crippen LogP contribution in [0.25, 0.3) is 0 Å². The molecule has 1 saturated carbocycles. The fourth-order valence-electron chi connectivity index (χ4n) is 3.65. The number of piperazine rings is 1. The van der Waals surface area contributed by atoms with Crippen molar-refractivity contribution in [3.63, 3.8) is 0 Å². The number of hydrogen-bond donors (Lipinski definition) is 2. The average Bonchev–Trinajstić information content (AvgIpc) is 2.40. The van der Waals surface area contributed by atoms with Crippen molar-refractivity contribution in [2.45, 2.75) is 51.7 Å². The highest BCUT2D eigenvalue weighted by atomic mass is 16.3. The van der Waals surface area contributed by atoms with Gasteiger partial charge in [-0.1, -0.05) is 13.3 Å². The van der Waals surface area contributed by atoms with Crippen LogP contribution in [0.5, 0.6) is 0 Å². The monoisotopic (exact) mass is 297 g/mol. The molecule has 0 radical (unpaired) electrons. The zero-order valence-electron chi connectivity index (χ0n) is 13.7. The smallest absolute Gasteiger partial charge is 0.226 e. The Hall–Kier alpha value is -0.650. The molecule has 5 nitrogen and oxygen atoms in total. The summed E-state index contributed by atoms with van der Waals surface area (Å²) in [5.74, 6) is 0.691. The van der Waals surface area contributed by atoms with Gasteiger partial charge in [0.1, 0.15) is 0 Å². The molecule has 5 heteroatoms. The number of aliphatic hydroxyl groups is 1. The van der Waals surface area contributed by atoms with Crippen LogP contribution < -0.4 is 5.73 Å². The van der Waals surface area contributed by atoms with E-state index in [1.165, 1.54) is 0 Å². The largest absolute Gasteiger partial charge is 0.389 e. The van der Waals surface area contributed by atoms with Gasteiger partial charge in [-0.2, -0.15) is 0 Å². The Labute approximate surface area is 128 Å². The predicted octanol–water partition coefficient (Wildman–Crippen LogP) is 0.665. The third-order valence-electron chi connectivity index (χ3n) is 4.97. The fourth-order valence-corrected chi connectivity index (χ4v) is 3.65. The first kappa shape index (κ1) is 16.7. The van der Waals surface area contributed by atoms with Crippen LogP contribution in [-0.4, -0.2) is 65.2 Å². The maximum absolute atomic E-state index is 12.7. The number of β-amino-alcohol motifs (C(OH)–C–C–N with tert-alkyl or cyclic N) is 1. The van der Waals surface area contributed by atoms with Gasteiger partial charge in [0, 0.05) is 44.7 Å². The molecule has 1 aliphatic heterocycles. The second-order valence-corrected chi connectivity index (χ2v) is 7.47. The molecule has 1 heterocycles. The number of rotatable bonds is 3. The Bertz CT molecular complexity index is 359. The summed E-state index contributed by atoms with van der Waals surface area (Å²) >= 11 is 0. The van der Waals surface area contributed by atoms with Gasteiger partial charge in [-0.3, -0.25) is 9.69 Å². The summed E-state index contributed by atoms with van der Waals surface area (Å²) in [6.07, 6.45) is 3.10. The number of amides is 1. The van der Waals surface area contributed by atoms with Gasteiger partial charge < -0.3 is 15.7 Å². The zero-order valence-corrected chi connectivity index (χ0v) is 13.7. The van der Waals surface area contributed by atoms with E-state index >= 15 is 0 Å². The van der Waals surface area contributed by atoms with Crippen molar-refractivity contribution in [1.82, 2.24) is 9.80 Å². The number of carbonyl (C=O) groups excluding carboxylic acids is 1. The van der Waals surface area contributed by atoms with E-state index in [1.54, 1.807) is 0 Å². The van der Waals surface area contributed by atoms with Crippen molar-refractivity contribution in [3.05, 3.63) is 0 Å². The van der Waals surface area contributed by atoms with E-state index in [9.17, 15) is 9.90 Å². The number of nitrogens with two attached hydrogens (primary N) is 1. The molecular formula is C16H31N3O2. The van der Waals surface area contributed by atoms with E-state index in [4.69, 9.17) is 5.73 Å². The molecule has 1 amide bonds.